The molecule has 1 aromatic carbocycles. The lowest BCUT2D eigenvalue weighted by molar-refractivity contribution is 0.0684. The Bertz CT molecular complexity index is 695. The number of carbonyl (C=O) groups is 1. The SMILES string of the molecule is O=C(O)c1nc(Br)n(C2CC2)c1C(O)c1ccc(Cl)cc1. The van der Waals surface area contributed by atoms with E-state index in [1.165, 1.54) is 0 Å². The molecule has 7 heteroatoms. The highest BCUT2D eigenvalue weighted by atomic mass is 79.9. The summed E-state index contributed by atoms with van der Waals surface area (Å²) >= 11 is 9.12. The maximum absolute atomic E-state index is 11.4. The molecule has 1 saturated carbocycles. The number of rotatable bonds is 4. The number of aromatic nitrogens is 2. The van der Waals surface area contributed by atoms with E-state index in [-0.39, 0.29) is 11.7 Å². The Morgan fingerprint density at radius 1 is 1.38 bits per heavy atom. The topological polar surface area (TPSA) is 75.3 Å². The van der Waals surface area contributed by atoms with Crippen LogP contribution in [0.15, 0.2) is 29.0 Å². The molecule has 5 nitrogen and oxygen atoms in total. The van der Waals surface area contributed by atoms with Crippen LogP contribution in [-0.4, -0.2) is 25.7 Å². The highest BCUT2D eigenvalue weighted by Gasteiger charge is 2.34. The number of benzene rings is 1. The normalized spacial score (nSPS) is 16.0. The van der Waals surface area contributed by atoms with Gasteiger partial charge in [0.15, 0.2) is 10.4 Å². The van der Waals surface area contributed by atoms with Gasteiger partial charge in [0, 0.05) is 11.1 Å². The van der Waals surface area contributed by atoms with Gasteiger partial charge >= 0.3 is 5.97 Å². The van der Waals surface area contributed by atoms with Crippen molar-refractivity contribution in [1.29, 1.82) is 0 Å². The molecule has 1 aliphatic rings. The van der Waals surface area contributed by atoms with Crippen LogP contribution in [0.25, 0.3) is 0 Å². The Labute approximate surface area is 134 Å². The van der Waals surface area contributed by atoms with Crippen LogP contribution >= 0.6 is 27.5 Å². The van der Waals surface area contributed by atoms with Crippen molar-refractivity contribution < 1.29 is 15.0 Å². The number of nitrogens with zero attached hydrogens (tertiary/aromatic N) is 2. The van der Waals surface area contributed by atoms with E-state index in [2.05, 4.69) is 20.9 Å². The highest BCUT2D eigenvalue weighted by molar-refractivity contribution is 9.10. The number of hydrogen-bond acceptors (Lipinski definition) is 3. The van der Waals surface area contributed by atoms with Crippen molar-refractivity contribution in [2.45, 2.75) is 25.0 Å². The maximum Gasteiger partial charge on any atom is 0.356 e. The zero-order valence-corrected chi connectivity index (χ0v) is 13.2. The van der Waals surface area contributed by atoms with Crippen molar-refractivity contribution in [3.05, 3.63) is 51.0 Å². The summed E-state index contributed by atoms with van der Waals surface area (Å²) in [6, 6.07) is 6.87. The van der Waals surface area contributed by atoms with Gasteiger partial charge in [-0.25, -0.2) is 9.78 Å². The predicted octanol–water partition coefficient (Wildman–Crippen LogP) is 3.41. The largest absolute Gasteiger partial charge is 0.476 e. The van der Waals surface area contributed by atoms with Crippen LogP contribution < -0.4 is 0 Å². The van der Waals surface area contributed by atoms with Gasteiger partial charge in [-0.3, -0.25) is 0 Å². The average Bonchev–Trinajstić information content (AvgIpc) is 3.21. The number of hydrogen-bond donors (Lipinski definition) is 2. The van der Waals surface area contributed by atoms with Crippen LogP contribution in [0, 0.1) is 0 Å². The number of aliphatic hydroxyl groups excluding tert-OH is 1. The van der Waals surface area contributed by atoms with Gasteiger partial charge in [-0.2, -0.15) is 0 Å². The number of halogens is 2. The summed E-state index contributed by atoms with van der Waals surface area (Å²) in [7, 11) is 0. The van der Waals surface area contributed by atoms with Gasteiger partial charge in [-0.1, -0.05) is 23.7 Å². The summed E-state index contributed by atoms with van der Waals surface area (Å²) in [5.41, 5.74) is 0.756. The lowest BCUT2D eigenvalue weighted by Gasteiger charge is -2.15. The van der Waals surface area contributed by atoms with E-state index in [4.69, 9.17) is 11.6 Å². The first-order chi connectivity index (χ1) is 9.99. The zero-order valence-electron chi connectivity index (χ0n) is 10.8. The zero-order chi connectivity index (χ0) is 15.1. The summed E-state index contributed by atoms with van der Waals surface area (Å²) in [6.07, 6.45) is 0.843. The molecule has 1 aromatic heterocycles. The van der Waals surface area contributed by atoms with Crippen molar-refractivity contribution in [1.82, 2.24) is 9.55 Å². The van der Waals surface area contributed by atoms with E-state index in [0.29, 0.717) is 21.0 Å². The molecule has 1 fully saturated rings. The molecule has 1 atom stereocenters. The van der Waals surface area contributed by atoms with Gasteiger partial charge in [0.05, 0.1) is 5.69 Å². The van der Waals surface area contributed by atoms with Crippen LogP contribution in [0.4, 0.5) is 0 Å². The number of aromatic carboxylic acids is 1. The molecule has 0 spiro atoms. The molecule has 21 heavy (non-hydrogen) atoms. The van der Waals surface area contributed by atoms with Crippen molar-refractivity contribution in [2.75, 3.05) is 0 Å². The standard InChI is InChI=1S/C14H12BrClN2O3/c15-14-17-10(13(20)21)11(18(14)9-5-6-9)12(19)7-1-3-8(16)4-2-7/h1-4,9,12,19H,5-6H2,(H,20,21). The first-order valence-electron chi connectivity index (χ1n) is 6.43. The molecule has 1 unspecified atom stereocenters. The molecule has 110 valence electrons. The van der Waals surface area contributed by atoms with Crippen molar-refractivity contribution >= 4 is 33.5 Å². The Morgan fingerprint density at radius 2 is 2.00 bits per heavy atom. The minimum Gasteiger partial charge on any atom is -0.476 e. The summed E-state index contributed by atoms with van der Waals surface area (Å²) < 4.78 is 2.20. The molecular weight excluding hydrogens is 360 g/mol. The van der Waals surface area contributed by atoms with Crippen LogP contribution in [0.5, 0.6) is 0 Å². The van der Waals surface area contributed by atoms with E-state index in [1.807, 2.05) is 0 Å². The van der Waals surface area contributed by atoms with E-state index >= 15 is 0 Å². The van der Waals surface area contributed by atoms with Gasteiger partial charge in [-0.15, -0.1) is 0 Å². The number of aliphatic hydroxyl groups is 1. The summed E-state index contributed by atoms with van der Waals surface area (Å²) in [4.78, 5) is 15.4. The van der Waals surface area contributed by atoms with E-state index in [0.717, 1.165) is 12.8 Å². The van der Waals surface area contributed by atoms with Gasteiger partial charge in [0.25, 0.3) is 0 Å². The fourth-order valence-electron chi connectivity index (χ4n) is 2.32. The molecular formula is C14H12BrClN2O3. The quantitative estimate of drug-likeness (QED) is 0.863. The fraction of sp³-hybridized carbons (Fsp3) is 0.286. The van der Waals surface area contributed by atoms with Crippen molar-refractivity contribution in [3.63, 3.8) is 0 Å². The Balaban J connectivity index is 2.11. The first-order valence-corrected chi connectivity index (χ1v) is 7.60. The molecule has 0 amide bonds. The number of carboxylic acid groups (broad SMARTS) is 1. The number of imidazole rings is 1. The summed E-state index contributed by atoms with van der Waals surface area (Å²) in [6.45, 7) is 0. The molecule has 0 aliphatic heterocycles. The highest BCUT2D eigenvalue weighted by Crippen LogP contribution is 2.42. The summed E-state index contributed by atoms with van der Waals surface area (Å²) in [5.74, 6) is -1.15. The van der Waals surface area contributed by atoms with E-state index in [9.17, 15) is 15.0 Å². The maximum atomic E-state index is 11.4. The first kappa shape index (κ1) is 14.6. The molecule has 2 N–H and O–H groups in total. The molecule has 3 rings (SSSR count). The second-order valence-electron chi connectivity index (χ2n) is 4.98. The third kappa shape index (κ3) is 2.71. The van der Waals surface area contributed by atoms with Crippen LogP contribution in [-0.2, 0) is 0 Å². The lowest BCUT2D eigenvalue weighted by Crippen LogP contribution is -2.13. The molecule has 2 aromatic rings. The van der Waals surface area contributed by atoms with Gasteiger partial charge in [0.1, 0.15) is 6.10 Å². The third-order valence-electron chi connectivity index (χ3n) is 3.46. The summed E-state index contributed by atoms with van der Waals surface area (Å²) in [5, 5.41) is 20.5. The van der Waals surface area contributed by atoms with Crippen molar-refractivity contribution in [3.8, 4) is 0 Å². The van der Waals surface area contributed by atoms with Gasteiger partial charge < -0.3 is 14.8 Å². The fourth-order valence-corrected chi connectivity index (χ4v) is 3.10. The molecule has 1 aliphatic carbocycles. The lowest BCUT2D eigenvalue weighted by atomic mass is 10.0. The Kier molecular flexibility index (Phi) is 3.77. The number of carboxylic acids is 1. The van der Waals surface area contributed by atoms with Crippen LogP contribution in [0.2, 0.25) is 5.02 Å². The molecule has 0 radical (unpaired) electrons. The average molecular weight is 372 g/mol. The Hall–Kier alpha value is -1.37. The molecule has 0 bridgehead atoms. The van der Waals surface area contributed by atoms with E-state index in [1.54, 1.807) is 28.8 Å². The van der Waals surface area contributed by atoms with Crippen LogP contribution in [0.3, 0.4) is 0 Å². The predicted molar refractivity (Wildman–Crippen MR) is 80.7 cm³/mol. The van der Waals surface area contributed by atoms with Crippen LogP contribution in [0.1, 0.15) is 46.7 Å². The minimum absolute atomic E-state index is 0.128. The minimum atomic E-state index is -1.15. The third-order valence-corrected chi connectivity index (χ3v) is 4.28. The van der Waals surface area contributed by atoms with Crippen molar-refractivity contribution in [2.24, 2.45) is 0 Å². The van der Waals surface area contributed by atoms with E-state index < -0.39 is 12.1 Å². The molecule has 1 heterocycles. The molecule has 0 saturated heterocycles. The van der Waals surface area contributed by atoms with Gasteiger partial charge in [0.2, 0.25) is 0 Å². The second kappa shape index (κ2) is 5.44. The smallest absolute Gasteiger partial charge is 0.356 e. The Morgan fingerprint density at radius 3 is 2.52 bits per heavy atom. The monoisotopic (exact) mass is 370 g/mol. The second-order valence-corrected chi connectivity index (χ2v) is 6.12. The van der Waals surface area contributed by atoms with Gasteiger partial charge in [-0.05, 0) is 46.5 Å².